The average molecular weight is 1110 g/mol. The number of ether oxygens (including phenoxy) is 1. The van der Waals surface area contributed by atoms with E-state index >= 15 is 0 Å². The van der Waals surface area contributed by atoms with Gasteiger partial charge in [0.15, 0.2) is 17.2 Å². The maximum absolute atomic E-state index is 14.0. The third kappa shape index (κ3) is 16.6. The first-order chi connectivity index (χ1) is 37.6. The van der Waals surface area contributed by atoms with Crippen LogP contribution < -0.4 is 27.0 Å². The van der Waals surface area contributed by atoms with Gasteiger partial charge in [-0.05, 0) is 72.7 Å². The van der Waals surface area contributed by atoms with Crippen molar-refractivity contribution in [3.8, 4) is 27.6 Å². The number of nitrogens with two attached hydrogens (primary N) is 1. The predicted molar refractivity (Wildman–Crippen MR) is 288 cm³/mol. The van der Waals surface area contributed by atoms with Gasteiger partial charge in [-0.2, -0.15) is 18.3 Å². The number of aliphatic hydroxyl groups excluding tert-OH is 1. The van der Waals surface area contributed by atoms with Crippen LogP contribution in [-0.2, 0) is 25.7 Å². The summed E-state index contributed by atoms with van der Waals surface area (Å²) in [7, 11) is 0. The maximum Gasteiger partial charge on any atom is 0.405 e. The summed E-state index contributed by atoms with van der Waals surface area (Å²) in [6.07, 6.45) is 3.52. The third-order valence-electron chi connectivity index (χ3n) is 13.1. The van der Waals surface area contributed by atoms with Gasteiger partial charge >= 0.3 is 6.18 Å². The van der Waals surface area contributed by atoms with Gasteiger partial charge in [-0.1, -0.05) is 70.7 Å². The summed E-state index contributed by atoms with van der Waals surface area (Å²) in [4.78, 5) is 93.8. The molecule has 1 fully saturated rings. The molecule has 3 atom stereocenters. The SMILES string of the molecule is Cc1ncsc1-c1ccc(CNC(=O)[C@@H]2C[C@@H](O)CN2C(=O)[C@@H](CC(=O)COCCCCCCCCNC(=O)c2ccc(-n3cc(NC(=O)c4coc(-c5ccnc(NCC(F)(F)F)c5)n4)c(C(N)=O)n3)cc2)C(C)(C)C)cc1. The first kappa shape index (κ1) is 58.8. The highest BCUT2D eigenvalue weighted by molar-refractivity contribution is 7.13. The number of aromatic nitrogens is 5. The number of unbranched alkanes of at least 4 members (excludes halogenated alkanes) is 5. The van der Waals surface area contributed by atoms with Crippen molar-refractivity contribution in [1.82, 2.24) is 40.3 Å². The van der Waals surface area contributed by atoms with Crippen LogP contribution in [0.2, 0.25) is 0 Å². The number of oxazole rings is 1. The van der Waals surface area contributed by atoms with Gasteiger partial charge in [0.25, 0.3) is 17.7 Å². The van der Waals surface area contributed by atoms with Crippen molar-refractivity contribution in [2.24, 2.45) is 17.1 Å². The zero-order valence-electron chi connectivity index (χ0n) is 44.2. The second-order valence-electron chi connectivity index (χ2n) is 20.3. The monoisotopic (exact) mass is 1110 g/mol. The number of anilines is 2. The number of ketones is 1. The second-order valence-corrected chi connectivity index (χ2v) is 21.2. The number of pyridine rings is 1. The summed E-state index contributed by atoms with van der Waals surface area (Å²) in [5.74, 6) is -3.80. The van der Waals surface area contributed by atoms with E-state index in [1.807, 2.05) is 52.0 Å². The summed E-state index contributed by atoms with van der Waals surface area (Å²) >= 11 is 1.56. The lowest BCUT2D eigenvalue weighted by Crippen LogP contribution is -2.50. The second kappa shape index (κ2) is 26.7. The topological polar surface area (TPSA) is 279 Å². The Morgan fingerprint density at radius 3 is 2.32 bits per heavy atom. The molecule has 7 N–H and O–H groups in total. The summed E-state index contributed by atoms with van der Waals surface area (Å²) in [5.41, 5.74) is 10.2. The number of nitrogens with zero attached hydrogens (tertiary/aromatic N) is 6. The van der Waals surface area contributed by atoms with Crippen LogP contribution in [0.3, 0.4) is 0 Å². The van der Waals surface area contributed by atoms with E-state index in [1.54, 1.807) is 41.1 Å². The van der Waals surface area contributed by atoms with Gasteiger partial charge in [-0.25, -0.2) is 19.6 Å². The van der Waals surface area contributed by atoms with E-state index in [0.29, 0.717) is 24.4 Å². The molecule has 0 aliphatic carbocycles. The first-order valence-corrected chi connectivity index (χ1v) is 26.7. The van der Waals surface area contributed by atoms with Gasteiger partial charge in [0.2, 0.25) is 17.7 Å². The van der Waals surface area contributed by atoms with Crippen molar-refractivity contribution < 1.29 is 56.2 Å². The van der Waals surface area contributed by atoms with E-state index < -0.39 is 48.0 Å². The Morgan fingerprint density at radius 1 is 0.911 bits per heavy atom. The van der Waals surface area contributed by atoms with Crippen molar-refractivity contribution in [3.63, 3.8) is 0 Å². The number of benzene rings is 2. The smallest absolute Gasteiger partial charge is 0.405 e. The Balaban J connectivity index is 0.770. The Hall–Kier alpha value is -7.83. The Kier molecular flexibility index (Phi) is 19.9. The van der Waals surface area contributed by atoms with Crippen molar-refractivity contribution in [2.45, 2.75) is 104 Å². The molecule has 5 amide bonds. The van der Waals surface area contributed by atoms with E-state index in [9.17, 15) is 47.0 Å². The average Bonchev–Trinajstić information content (AvgIpc) is 4.29. The summed E-state index contributed by atoms with van der Waals surface area (Å²) in [5, 5.41) is 25.3. The van der Waals surface area contributed by atoms with Crippen LogP contribution in [0.4, 0.5) is 24.7 Å². The standard InChI is InChI=1S/C55H64F3N11O9S/c1-33-47(79-32-64-33)35-13-11-34(12-14-35)26-62-51(75)44-25-39(70)27-68(44)53(76)41(54(2,3)4)24-40(71)29-77-22-10-8-6-5-7-9-20-61-49(73)36-15-17-38(18-16-36)69-28-42(46(67-69)48(59)72)65-50(74)43-30-78-52(66-43)37-19-21-60-45(23-37)63-31-55(56,57)58/h11-19,21,23,28,30,32,39,41,44,70H,5-10,20,22,24-27,29,31H2,1-4H3,(H2,59,72)(H,60,63)(H,61,73)(H,62,75)(H,65,74)/t39-,41-,44+/m1/s1. The highest BCUT2D eigenvalue weighted by Crippen LogP contribution is 2.34. The minimum Gasteiger partial charge on any atom is -0.444 e. The Bertz CT molecular complexity index is 3080. The number of likely N-dealkylation sites (tertiary alicyclic amines) is 1. The number of amides is 5. The van der Waals surface area contributed by atoms with E-state index in [2.05, 4.69) is 41.3 Å². The summed E-state index contributed by atoms with van der Waals surface area (Å²) in [6.45, 7) is 7.28. The molecule has 4 aromatic heterocycles. The van der Waals surface area contributed by atoms with E-state index in [1.165, 1.54) is 34.1 Å². The van der Waals surface area contributed by atoms with Crippen LogP contribution in [0.15, 0.2) is 89.2 Å². The number of hydrogen-bond acceptors (Lipinski definition) is 15. The molecule has 1 saturated heterocycles. The highest BCUT2D eigenvalue weighted by atomic mass is 32.1. The van der Waals surface area contributed by atoms with Crippen LogP contribution in [0.1, 0.15) is 115 Å². The molecule has 0 bridgehead atoms. The molecule has 24 heteroatoms. The molecule has 0 saturated carbocycles. The molecule has 20 nitrogen and oxygen atoms in total. The van der Waals surface area contributed by atoms with Crippen molar-refractivity contribution in [3.05, 3.63) is 113 Å². The minimum atomic E-state index is -4.46. The molecule has 5 heterocycles. The highest BCUT2D eigenvalue weighted by Gasteiger charge is 2.44. The van der Waals surface area contributed by atoms with Crippen LogP contribution in [-0.4, -0.2) is 121 Å². The third-order valence-corrected chi connectivity index (χ3v) is 14.1. The molecule has 79 heavy (non-hydrogen) atoms. The fraction of sp³-hybridized carbons (Fsp3) is 0.418. The number of hydrogen-bond donors (Lipinski definition) is 6. The molecular formula is C55H64F3N11O9S. The molecule has 7 rings (SSSR count). The van der Waals surface area contributed by atoms with Crippen LogP contribution in [0, 0.1) is 18.3 Å². The van der Waals surface area contributed by atoms with Crippen LogP contribution in [0.25, 0.3) is 27.6 Å². The zero-order valence-corrected chi connectivity index (χ0v) is 45.0. The lowest BCUT2D eigenvalue weighted by atomic mass is 9.77. The lowest BCUT2D eigenvalue weighted by molar-refractivity contribution is -0.146. The number of thiazole rings is 1. The van der Waals surface area contributed by atoms with Crippen molar-refractivity contribution >= 4 is 58.2 Å². The number of halogens is 3. The predicted octanol–water partition coefficient (Wildman–Crippen LogP) is 7.67. The molecule has 0 spiro atoms. The molecular weight excluding hydrogens is 1050 g/mol. The van der Waals surface area contributed by atoms with Crippen molar-refractivity contribution in [1.29, 1.82) is 0 Å². The van der Waals surface area contributed by atoms with Crippen LogP contribution >= 0.6 is 11.3 Å². The van der Waals surface area contributed by atoms with Crippen LogP contribution in [0.5, 0.6) is 0 Å². The molecule has 0 radical (unpaired) electrons. The number of carbonyl (C=O) groups excluding carboxylic acids is 6. The quantitative estimate of drug-likeness (QED) is 0.0285. The van der Waals surface area contributed by atoms with E-state index in [4.69, 9.17) is 14.9 Å². The van der Waals surface area contributed by atoms with Gasteiger partial charge in [0.05, 0.1) is 39.8 Å². The lowest BCUT2D eigenvalue weighted by Gasteiger charge is -2.34. The molecule has 420 valence electrons. The normalized spacial score (nSPS) is 14.9. The number of Topliss-reactive ketones (excluding diaryl/α,β-unsaturated/α-hetero) is 1. The molecule has 0 unspecified atom stereocenters. The summed E-state index contributed by atoms with van der Waals surface area (Å²) in [6, 6.07) is 16.1. The molecule has 2 aromatic carbocycles. The van der Waals surface area contributed by atoms with Gasteiger partial charge in [0.1, 0.15) is 31.3 Å². The first-order valence-electron chi connectivity index (χ1n) is 25.8. The maximum atomic E-state index is 14.0. The Morgan fingerprint density at radius 2 is 1.63 bits per heavy atom. The van der Waals surface area contributed by atoms with Crippen molar-refractivity contribution in [2.75, 3.05) is 43.5 Å². The number of aryl methyl sites for hydroxylation is 1. The van der Waals surface area contributed by atoms with Gasteiger partial charge in [-0.15, -0.1) is 11.3 Å². The zero-order chi connectivity index (χ0) is 56.9. The fourth-order valence-electron chi connectivity index (χ4n) is 8.84. The van der Waals surface area contributed by atoms with E-state index in [-0.39, 0.29) is 90.4 Å². The number of primary amides is 1. The number of rotatable bonds is 26. The number of β-amino-alcohol motifs (C(OH)–C–C–N with tert-alkyl or cyclic N) is 1. The minimum absolute atomic E-state index is 0.00779. The molecule has 6 aromatic rings. The Labute approximate surface area is 458 Å². The van der Waals surface area contributed by atoms with Gasteiger partial charge in [0, 0.05) is 62.3 Å². The van der Waals surface area contributed by atoms with E-state index in [0.717, 1.165) is 66.5 Å². The molecule has 1 aliphatic heterocycles. The number of aliphatic hydroxyl groups is 1. The molecule has 1 aliphatic rings. The van der Waals surface area contributed by atoms with Gasteiger partial charge < -0.3 is 46.2 Å². The number of carbonyl (C=O) groups is 6. The summed E-state index contributed by atoms with van der Waals surface area (Å²) < 4.78 is 50.4. The fourth-order valence-corrected chi connectivity index (χ4v) is 9.65. The largest absolute Gasteiger partial charge is 0.444 e. The number of nitrogens with one attached hydrogen (secondary N) is 4. The van der Waals surface area contributed by atoms with Gasteiger partial charge in [-0.3, -0.25) is 28.8 Å². The number of alkyl halides is 3.